The Morgan fingerprint density at radius 2 is 2.43 bits per heavy atom. The molecule has 74 valence electrons. The molecule has 5 heteroatoms. The van der Waals surface area contributed by atoms with Crippen LogP contribution in [0.3, 0.4) is 0 Å². The van der Waals surface area contributed by atoms with Crippen molar-refractivity contribution in [2.24, 2.45) is 0 Å². The van der Waals surface area contributed by atoms with E-state index >= 15 is 0 Å². The summed E-state index contributed by atoms with van der Waals surface area (Å²) in [6.45, 7) is 2.00. The van der Waals surface area contributed by atoms with Crippen molar-refractivity contribution in [3.63, 3.8) is 0 Å². The van der Waals surface area contributed by atoms with E-state index in [9.17, 15) is 0 Å². The number of aliphatic hydroxyl groups is 1. The van der Waals surface area contributed by atoms with Crippen molar-refractivity contribution in [1.82, 2.24) is 9.97 Å². The third kappa shape index (κ3) is 2.68. The zero-order valence-corrected chi connectivity index (χ0v) is 7.94. The minimum absolute atomic E-state index is 0.0311. The van der Waals surface area contributed by atoms with Crippen LogP contribution in [0.25, 0.3) is 0 Å². The van der Waals surface area contributed by atoms with Crippen LogP contribution in [0.15, 0.2) is 12.4 Å². The van der Waals surface area contributed by atoms with Gasteiger partial charge in [0.05, 0.1) is 12.6 Å². The summed E-state index contributed by atoms with van der Waals surface area (Å²) in [4.78, 5) is 7.68. The van der Waals surface area contributed by atoms with Crippen molar-refractivity contribution in [1.29, 1.82) is 5.26 Å². The third-order valence-corrected chi connectivity index (χ3v) is 1.85. The van der Waals surface area contributed by atoms with E-state index < -0.39 is 0 Å². The van der Waals surface area contributed by atoms with E-state index in [4.69, 9.17) is 10.4 Å². The zero-order valence-electron chi connectivity index (χ0n) is 7.94. The first kappa shape index (κ1) is 10.4. The largest absolute Gasteiger partial charge is 0.394 e. The van der Waals surface area contributed by atoms with Gasteiger partial charge in [-0.3, -0.25) is 0 Å². The molecule has 0 spiro atoms. The molecule has 0 saturated heterocycles. The normalized spacial score (nSPS) is 11.8. The molecule has 1 aromatic rings. The van der Waals surface area contributed by atoms with Crippen molar-refractivity contribution in [3.8, 4) is 6.07 Å². The summed E-state index contributed by atoms with van der Waals surface area (Å²) in [5.74, 6) is 0.567. The van der Waals surface area contributed by atoms with Crippen LogP contribution < -0.4 is 5.32 Å². The highest BCUT2D eigenvalue weighted by Gasteiger charge is 2.05. The molecule has 1 rings (SSSR count). The number of hydrogen-bond donors (Lipinski definition) is 2. The lowest BCUT2D eigenvalue weighted by Crippen LogP contribution is -2.23. The number of hydrogen-bond acceptors (Lipinski definition) is 5. The van der Waals surface area contributed by atoms with Gasteiger partial charge in [-0.2, -0.15) is 5.26 Å². The molecule has 5 nitrogen and oxygen atoms in total. The van der Waals surface area contributed by atoms with E-state index in [1.807, 2.05) is 13.0 Å². The second-order valence-corrected chi connectivity index (χ2v) is 2.83. The Bertz CT molecular complexity index is 330. The van der Waals surface area contributed by atoms with Gasteiger partial charge < -0.3 is 10.4 Å². The summed E-state index contributed by atoms with van der Waals surface area (Å²) in [6, 6.07) is 3.45. The monoisotopic (exact) mass is 192 g/mol. The van der Waals surface area contributed by atoms with E-state index in [1.165, 1.54) is 6.33 Å². The highest BCUT2D eigenvalue weighted by atomic mass is 16.3. The number of nitrogens with one attached hydrogen (secondary N) is 1. The fourth-order valence-electron chi connectivity index (χ4n) is 0.983. The van der Waals surface area contributed by atoms with Crippen molar-refractivity contribution < 1.29 is 5.11 Å². The maximum absolute atomic E-state index is 8.94. The molecule has 1 atom stereocenters. The second kappa shape index (κ2) is 5.14. The molecule has 0 fully saturated rings. The molecule has 0 bridgehead atoms. The molecule has 1 heterocycles. The summed E-state index contributed by atoms with van der Waals surface area (Å²) in [7, 11) is 0. The maximum Gasteiger partial charge on any atom is 0.145 e. The fraction of sp³-hybridized carbons (Fsp3) is 0.444. The lowest BCUT2D eigenvalue weighted by atomic mass is 10.2. The zero-order chi connectivity index (χ0) is 10.4. The second-order valence-electron chi connectivity index (χ2n) is 2.83. The third-order valence-electron chi connectivity index (χ3n) is 1.85. The lowest BCUT2D eigenvalue weighted by Gasteiger charge is -2.13. The number of nitriles is 1. The predicted octanol–water partition coefficient (Wildman–Crippen LogP) is 0.531. The Labute approximate surface area is 82.4 Å². The van der Waals surface area contributed by atoms with Crippen LogP contribution in [-0.4, -0.2) is 27.7 Å². The molecule has 1 aromatic heterocycles. The summed E-state index contributed by atoms with van der Waals surface area (Å²) in [6.07, 6.45) is 2.12. The summed E-state index contributed by atoms with van der Waals surface area (Å²) in [5, 5.41) is 20.5. The standard InChI is InChI=1S/C9H12N4O/c1-2-7(5-14)13-9-3-8(4-10)11-6-12-9/h3,6-7,14H,2,5H2,1H3,(H,11,12,13)/t7-/m1/s1. The lowest BCUT2D eigenvalue weighted by molar-refractivity contribution is 0.271. The van der Waals surface area contributed by atoms with E-state index in [0.717, 1.165) is 6.42 Å². The molecule has 2 N–H and O–H groups in total. The number of rotatable bonds is 4. The number of anilines is 1. The Morgan fingerprint density at radius 3 is 3.00 bits per heavy atom. The molecular formula is C9H12N4O. The van der Waals surface area contributed by atoms with Crippen molar-refractivity contribution in [2.45, 2.75) is 19.4 Å². The van der Waals surface area contributed by atoms with Crippen LogP contribution in [0.1, 0.15) is 19.0 Å². The van der Waals surface area contributed by atoms with Gasteiger partial charge in [-0.25, -0.2) is 9.97 Å². The number of aromatic nitrogens is 2. The molecule has 0 aromatic carbocycles. The van der Waals surface area contributed by atoms with Gasteiger partial charge in [-0.15, -0.1) is 0 Å². The van der Waals surface area contributed by atoms with Crippen LogP contribution in [0.4, 0.5) is 5.82 Å². The van der Waals surface area contributed by atoms with E-state index in [-0.39, 0.29) is 12.6 Å². The average Bonchev–Trinajstić information content (AvgIpc) is 2.26. The van der Waals surface area contributed by atoms with Crippen molar-refractivity contribution in [2.75, 3.05) is 11.9 Å². The molecular weight excluding hydrogens is 180 g/mol. The topological polar surface area (TPSA) is 81.8 Å². The summed E-state index contributed by atoms with van der Waals surface area (Å²) in [5.41, 5.74) is 0.315. The fourth-order valence-corrected chi connectivity index (χ4v) is 0.983. The molecule has 0 radical (unpaired) electrons. The molecule has 0 aliphatic carbocycles. The highest BCUT2D eigenvalue weighted by molar-refractivity contribution is 5.39. The quantitative estimate of drug-likeness (QED) is 0.727. The van der Waals surface area contributed by atoms with Crippen molar-refractivity contribution in [3.05, 3.63) is 18.1 Å². The van der Waals surface area contributed by atoms with Gasteiger partial charge in [0, 0.05) is 6.07 Å². The number of aliphatic hydroxyl groups excluding tert-OH is 1. The average molecular weight is 192 g/mol. The minimum atomic E-state index is -0.0311. The Balaban J connectivity index is 2.72. The van der Waals surface area contributed by atoms with Gasteiger partial charge in [0.1, 0.15) is 23.9 Å². The van der Waals surface area contributed by atoms with Crippen LogP contribution >= 0.6 is 0 Å². The first-order valence-electron chi connectivity index (χ1n) is 4.39. The van der Waals surface area contributed by atoms with Gasteiger partial charge in [0.2, 0.25) is 0 Å². The van der Waals surface area contributed by atoms with Crippen LogP contribution in [0.5, 0.6) is 0 Å². The van der Waals surface area contributed by atoms with Gasteiger partial charge >= 0.3 is 0 Å². The molecule has 0 aliphatic rings. The smallest absolute Gasteiger partial charge is 0.145 e. The van der Waals surface area contributed by atoms with Gasteiger partial charge in [-0.1, -0.05) is 6.92 Å². The van der Waals surface area contributed by atoms with Crippen LogP contribution in [-0.2, 0) is 0 Å². The first-order chi connectivity index (χ1) is 6.80. The number of nitrogens with zero attached hydrogens (tertiary/aromatic N) is 3. The molecule has 0 saturated carbocycles. The summed E-state index contributed by atoms with van der Waals surface area (Å²) < 4.78 is 0. The molecule has 0 aliphatic heterocycles. The molecule has 14 heavy (non-hydrogen) atoms. The van der Waals surface area contributed by atoms with E-state index in [1.54, 1.807) is 6.07 Å². The van der Waals surface area contributed by atoms with Gasteiger partial charge in [0.25, 0.3) is 0 Å². The highest BCUT2D eigenvalue weighted by Crippen LogP contribution is 2.06. The minimum Gasteiger partial charge on any atom is -0.394 e. The SMILES string of the molecule is CC[C@H](CO)Nc1cc(C#N)ncn1. The predicted molar refractivity (Wildman–Crippen MR) is 51.5 cm³/mol. The maximum atomic E-state index is 8.94. The van der Waals surface area contributed by atoms with Gasteiger partial charge in [0.15, 0.2) is 0 Å². The summed E-state index contributed by atoms with van der Waals surface area (Å²) >= 11 is 0. The Kier molecular flexibility index (Phi) is 3.83. The first-order valence-corrected chi connectivity index (χ1v) is 4.39. The van der Waals surface area contributed by atoms with Gasteiger partial charge in [-0.05, 0) is 6.42 Å². The van der Waals surface area contributed by atoms with Crippen molar-refractivity contribution >= 4 is 5.82 Å². The van der Waals surface area contributed by atoms with E-state index in [0.29, 0.717) is 11.5 Å². The Hall–Kier alpha value is -1.67. The van der Waals surface area contributed by atoms with E-state index in [2.05, 4.69) is 15.3 Å². The molecule has 0 unspecified atom stereocenters. The Morgan fingerprint density at radius 1 is 1.64 bits per heavy atom. The van der Waals surface area contributed by atoms with Crippen LogP contribution in [0.2, 0.25) is 0 Å². The molecule has 0 amide bonds. The van der Waals surface area contributed by atoms with Crippen LogP contribution in [0, 0.1) is 11.3 Å².